The lowest BCUT2D eigenvalue weighted by Gasteiger charge is -2.10. The summed E-state index contributed by atoms with van der Waals surface area (Å²) in [4.78, 5) is 25.6. The highest BCUT2D eigenvalue weighted by Gasteiger charge is 2.33. The number of imide groups is 1. The van der Waals surface area contributed by atoms with Crippen LogP contribution in [0.4, 0.5) is 0 Å². The molecule has 2 amide bonds. The molecule has 0 bridgehead atoms. The van der Waals surface area contributed by atoms with Gasteiger partial charge in [0, 0.05) is 6.54 Å². The fraction of sp³-hybridized carbons (Fsp3) is 0.111. The number of aryl methyl sites for hydroxylation is 1. The topological polar surface area (TPSA) is 37.4 Å². The van der Waals surface area contributed by atoms with E-state index in [2.05, 4.69) is 6.07 Å². The van der Waals surface area contributed by atoms with Crippen LogP contribution >= 0.6 is 0 Å². The first-order valence-electron chi connectivity index (χ1n) is 6.85. The van der Waals surface area contributed by atoms with Crippen molar-refractivity contribution in [3.8, 4) is 0 Å². The van der Waals surface area contributed by atoms with Crippen LogP contribution in [0.25, 0.3) is 6.08 Å². The maximum absolute atomic E-state index is 12.2. The summed E-state index contributed by atoms with van der Waals surface area (Å²) in [5.74, 6) is -0.436. The van der Waals surface area contributed by atoms with Gasteiger partial charge in [-0.3, -0.25) is 14.5 Å². The lowest BCUT2D eigenvalue weighted by atomic mass is 10.1. The number of rotatable bonds is 3. The molecule has 0 saturated carbocycles. The van der Waals surface area contributed by atoms with Crippen molar-refractivity contribution in [3.63, 3.8) is 0 Å². The van der Waals surface area contributed by atoms with Crippen LogP contribution in [-0.2, 0) is 0 Å². The van der Waals surface area contributed by atoms with Gasteiger partial charge in [0.15, 0.2) is 0 Å². The van der Waals surface area contributed by atoms with Crippen molar-refractivity contribution in [2.75, 3.05) is 6.54 Å². The summed E-state index contributed by atoms with van der Waals surface area (Å²) >= 11 is 0. The summed E-state index contributed by atoms with van der Waals surface area (Å²) in [5, 5.41) is 0. The fourth-order valence-electron chi connectivity index (χ4n) is 2.47. The van der Waals surface area contributed by atoms with Crippen LogP contribution in [0.15, 0.2) is 54.6 Å². The van der Waals surface area contributed by atoms with E-state index in [1.807, 2.05) is 37.3 Å². The van der Waals surface area contributed by atoms with Crippen LogP contribution in [0.5, 0.6) is 0 Å². The lowest BCUT2D eigenvalue weighted by molar-refractivity contribution is 0.0672. The molecule has 21 heavy (non-hydrogen) atoms. The van der Waals surface area contributed by atoms with Crippen molar-refractivity contribution < 1.29 is 9.59 Å². The molecule has 0 radical (unpaired) electrons. The average Bonchev–Trinajstić information content (AvgIpc) is 2.73. The van der Waals surface area contributed by atoms with Gasteiger partial charge < -0.3 is 0 Å². The summed E-state index contributed by atoms with van der Waals surface area (Å²) in [6.45, 7) is 2.32. The number of amides is 2. The predicted octanol–water partition coefficient (Wildman–Crippen LogP) is 3.30. The third-order valence-corrected chi connectivity index (χ3v) is 3.52. The molecule has 104 valence electrons. The van der Waals surface area contributed by atoms with E-state index in [0.29, 0.717) is 17.7 Å². The Hall–Kier alpha value is -2.68. The van der Waals surface area contributed by atoms with Crippen molar-refractivity contribution in [1.29, 1.82) is 0 Å². The van der Waals surface area contributed by atoms with E-state index in [1.165, 1.54) is 10.5 Å². The smallest absolute Gasteiger partial charge is 0.261 e. The Labute approximate surface area is 123 Å². The van der Waals surface area contributed by atoms with Gasteiger partial charge >= 0.3 is 0 Å². The zero-order chi connectivity index (χ0) is 14.8. The van der Waals surface area contributed by atoms with E-state index >= 15 is 0 Å². The summed E-state index contributed by atoms with van der Waals surface area (Å²) in [5.41, 5.74) is 3.22. The molecule has 0 spiro atoms. The molecule has 3 rings (SSSR count). The molecule has 3 nitrogen and oxygen atoms in total. The predicted molar refractivity (Wildman–Crippen MR) is 82.0 cm³/mol. The van der Waals surface area contributed by atoms with E-state index in [-0.39, 0.29) is 11.8 Å². The number of hydrogen-bond acceptors (Lipinski definition) is 2. The molecule has 3 heteroatoms. The zero-order valence-electron chi connectivity index (χ0n) is 11.7. The molecule has 0 aromatic heterocycles. The second-order valence-corrected chi connectivity index (χ2v) is 5.08. The molecular weight excluding hydrogens is 262 g/mol. The molecule has 2 aromatic carbocycles. The van der Waals surface area contributed by atoms with Gasteiger partial charge in [-0.05, 0) is 24.6 Å². The Morgan fingerprint density at radius 1 is 0.952 bits per heavy atom. The molecule has 0 N–H and O–H groups in total. The first-order valence-corrected chi connectivity index (χ1v) is 6.85. The third-order valence-electron chi connectivity index (χ3n) is 3.52. The SMILES string of the molecule is Cc1cccc(C=CCN2C(=O)c3ccccc3C2=O)c1. The maximum Gasteiger partial charge on any atom is 0.261 e. The van der Waals surface area contributed by atoms with Crippen LogP contribution in [0.1, 0.15) is 31.8 Å². The first-order chi connectivity index (χ1) is 10.2. The Bertz CT molecular complexity index is 711. The fourth-order valence-corrected chi connectivity index (χ4v) is 2.47. The number of benzene rings is 2. The van der Waals surface area contributed by atoms with Crippen molar-refractivity contribution in [2.24, 2.45) is 0 Å². The van der Waals surface area contributed by atoms with Gasteiger partial charge in [0.25, 0.3) is 11.8 Å². The molecule has 1 heterocycles. The Kier molecular flexibility index (Phi) is 3.40. The second kappa shape index (κ2) is 5.37. The quantitative estimate of drug-likeness (QED) is 0.807. The van der Waals surface area contributed by atoms with Crippen molar-refractivity contribution in [1.82, 2.24) is 4.90 Å². The molecule has 0 atom stereocenters. The van der Waals surface area contributed by atoms with Gasteiger partial charge in [0.05, 0.1) is 11.1 Å². The number of carbonyl (C=O) groups is 2. The van der Waals surface area contributed by atoms with E-state index in [1.54, 1.807) is 24.3 Å². The molecule has 2 aromatic rings. The number of fused-ring (bicyclic) bond motifs is 1. The third kappa shape index (κ3) is 2.50. The maximum atomic E-state index is 12.2. The Balaban J connectivity index is 1.75. The van der Waals surface area contributed by atoms with E-state index in [9.17, 15) is 9.59 Å². The number of hydrogen-bond donors (Lipinski definition) is 0. The van der Waals surface area contributed by atoms with Gasteiger partial charge in [0.1, 0.15) is 0 Å². The van der Waals surface area contributed by atoms with Crippen LogP contribution < -0.4 is 0 Å². The lowest BCUT2D eigenvalue weighted by Crippen LogP contribution is -2.29. The van der Waals surface area contributed by atoms with Crippen LogP contribution in [-0.4, -0.2) is 23.3 Å². The molecule has 0 fully saturated rings. The molecule has 0 unspecified atom stereocenters. The number of nitrogens with zero attached hydrogens (tertiary/aromatic N) is 1. The molecule has 1 aliphatic heterocycles. The summed E-state index contributed by atoms with van der Waals surface area (Å²) in [6, 6.07) is 15.0. The van der Waals surface area contributed by atoms with Crippen molar-refractivity contribution in [2.45, 2.75) is 6.92 Å². The van der Waals surface area contributed by atoms with Gasteiger partial charge in [0.2, 0.25) is 0 Å². The number of carbonyl (C=O) groups excluding carboxylic acids is 2. The first kappa shape index (κ1) is 13.3. The normalized spacial score (nSPS) is 14.0. The van der Waals surface area contributed by atoms with Gasteiger partial charge in [-0.2, -0.15) is 0 Å². The molecule has 0 saturated heterocycles. The van der Waals surface area contributed by atoms with Crippen molar-refractivity contribution >= 4 is 17.9 Å². The summed E-state index contributed by atoms with van der Waals surface area (Å²) in [6.07, 6.45) is 3.77. The largest absolute Gasteiger partial charge is 0.270 e. The van der Waals surface area contributed by atoms with E-state index in [4.69, 9.17) is 0 Å². The highest BCUT2D eigenvalue weighted by Crippen LogP contribution is 2.22. The standard InChI is InChI=1S/C18H15NO2/c1-13-6-4-7-14(12-13)8-5-11-19-17(20)15-9-2-3-10-16(15)18(19)21/h2-10,12H,11H2,1H3. The average molecular weight is 277 g/mol. The zero-order valence-corrected chi connectivity index (χ0v) is 11.7. The monoisotopic (exact) mass is 277 g/mol. The molecular formula is C18H15NO2. The minimum absolute atomic E-state index is 0.218. The van der Waals surface area contributed by atoms with Crippen LogP contribution in [0.2, 0.25) is 0 Å². The summed E-state index contributed by atoms with van der Waals surface area (Å²) in [7, 11) is 0. The molecule has 1 aliphatic rings. The highest BCUT2D eigenvalue weighted by atomic mass is 16.2. The minimum Gasteiger partial charge on any atom is -0.270 e. The Morgan fingerprint density at radius 3 is 2.24 bits per heavy atom. The summed E-state index contributed by atoms with van der Waals surface area (Å²) < 4.78 is 0. The molecule has 0 aliphatic carbocycles. The van der Waals surface area contributed by atoms with Gasteiger partial charge in [-0.15, -0.1) is 0 Å². The minimum atomic E-state index is -0.218. The second-order valence-electron chi connectivity index (χ2n) is 5.08. The van der Waals surface area contributed by atoms with Crippen LogP contribution in [0.3, 0.4) is 0 Å². The van der Waals surface area contributed by atoms with Crippen LogP contribution in [0, 0.1) is 6.92 Å². The Morgan fingerprint density at radius 2 is 1.62 bits per heavy atom. The van der Waals surface area contributed by atoms with E-state index in [0.717, 1.165) is 5.56 Å². The van der Waals surface area contributed by atoms with Crippen molar-refractivity contribution in [3.05, 3.63) is 76.9 Å². The van der Waals surface area contributed by atoms with E-state index < -0.39 is 0 Å². The highest BCUT2D eigenvalue weighted by molar-refractivity contribution is 6.21. The van der Waals surface area contributed by atoms with Gasteiger partial charge in [-0.1, -0.05) is 54.1 Å². The van der Waals surface area contributed by atoms with Gasteiger partial charge in [-0.25, -0.2) is 0 Å².